The van der Waals surface area contributed by atoms with Crippen LogP contribution in [0.25, 0.3) is 0 Å². The lowest BCUT2D eigenvalue weighted by atomic mass is 10.2. The van der Waals surface area contributed by atoms with Crippen LogP contribution >= 0.6 is 0 Å². The van der Waals surface area contributed by atoms with Crippen LogP contribution in [0.4, 0.5) is 11.4 Å². The first kappa shape index (κ1) is 19.1. The van der Waals surface area contributed by atoms with Gasteiger partial charge in [-0.25, -0.2) is 13.1 Å². The fourth-order valence-electron chi connectivity index (χ4n) is 2.72. The largest absolute Gasteiger partial charge is 0.362 e. The summed E-state index contributed by atoms with van der Waals surface area (Å²) in [4.78, 5) is 25.6. The van der Waals surface area contributed by atoms with E-state index in [1.807, 2.05) is 0 Å². The van der Waals surface area contributed by atoms with E-state index in [1.165, 1.54) is 19.1 Å². The predicted octanol–water partition coefficient (Wildman–Crippen LogP) is 0.950. The van der Waals surface area contributed by atoms with Crippen LogP contribution in [0.5, 0.6) is 0 Å². The summed E-state index contributed by atoms with van der Waals surface area (Å²) in [7, 11) is -3.81. The smallest absolute Gasteiger partial charge is 0.293 e. The number of hydrogen-bond donors (Lipinski definition) is 1. The molecule has 0 spiro atoms. The van der Waals surface area contributed by atoms with E-state index in [-0.39, 0.29) is 22.5 Å². The Hall–Kier alpha value is -2.20. The van der Waals surface area contributed by atoms with Gasteiger partial charge in [0.1, 0.15) is 5.69 Å². The lowest BCUT2D eigenvalue weighted by Gasteiger charge is -2.35. The highest BCUT2D eigenvalue weighted by molar-refractivity contribution is 7.89. The topological polar surface area (TPSA) is 113 Å². The minimum Gasteiger partial charge on any atom is -0.362 e. The number of carbonyl (C=O) groups excluding carboxylic acids is 1. The van der Waals surface area contributed by atoms with Crippen molar-refractivity contribution in [3.63, 3.8) is 0 Å². The van der Waals surface area contributed by atoms with Crippen molar-refractivity contribution >= 4 is 27.3 Å². The Balaban J connectivity index is 2.32. The van der Waals surface area contributed by atoms with E-state index in [2.05, 4.69) is 4.72 Å². The quantitative estimate of drug-likeness (QED) is 0.610. The molecule has 0 bridgehead atoms. The molecule has 1 aliphatic heterocycles. The highest BCUT2D eigenvalue weighted by Gasteiger charge is 2.27. The van der Waals surface area contributed by atoms with Crippen molar-refractivity contribution < 1.29 is 18.1 Å². The van der Waals surface area contributed by atoms with Gasteiger partial charge >= 0.3 is 0 Å². The zero-order valence-electron chi connectivity index (χ0n) is 14.4. The summed E-state index contributed by atoms with van der Waals surface area (Å²) < 4.78 is 26.9. The molecule has 0 aromatic heterocycles. The average Bonchev–Trinajstić information content (AvgIpc) is 2.53. The molecule has 1 saturated heterocycles. The number of carbonyl (C=O) groups is 1. The summed E-state index contributed by atoms with van der Waals surface area (Å²) in [6, 6.07) is 3.58. The first-order valence-electron chi connectivity index (χ1n) is 7.93. The second-order valence-electron chi connectivity index (χ2n) is 6.18. The van der Waals surface area contributed by atoms with Gasteiger partial charge in [0.2, 0.25) is 15.9 Å². The Bertz CT molecular complexity index is 770. The Morgan fingerprint density at radius 3 is 2.32 bits per heavy atom. The fourth-order valence-corrected chi connectivity index (χ4v) is 4.00. The number of benzene rings is 1. The van der Waals surface area contributed by atoms with Crippen molar-refractivity contribution in [2.45, 2.75) is 31.7 Å². The molecule has 138 valence electrons. The molecule has 1 N–H and O–H groups in total. The summed E-state index contributed by atoms with van der Waals surface area (Å²) in [5, 5.41) is 11.4. The van der Waals surface area contributed by atoms with Gasteiger partial charge in [0.15, 0.2) is 0 Å². The molecule has 0 radical (unpaired) electrons. The second kappa shape index (κ2) is 7.36. The lowest BCUT2D eigenvalue weighted by molar-refractivity contribution is -0.384. The molecule has 1 aromatic carbocycles. The highest BCUT2D eigenvalue weighted by atomic mass is 32.2. The number of rotatable bonds is 5. The third-order valence-corrected chi connectivity index (χ3v) is 5.57. The maximum atomic E-state index is 12.2. The number of anilines is 1. The maximum Gasteiger partial charge on any atom is 0.293 e. The molecule has 0 saturated carbocycles. The van der Waals surface area contributed by atoms with Crippen LogP contribution in [0.1, 0.15) is 20.8 Å². The van der Waals surface area contributed by atoms with Crippen molar-refractivity contribution in [2.75, 3.05) is 31.1 Å². The predicted molar refractivity (Wildman–Crippen MR) is 93.0 cm³/mol. The van der Waals surface area contributed by atoms with Gasteiger partial charge in [-0.1, -0.05) is 0 Å². The molecular formula is C15H22N4O5S. The van der Waals surface area contributed by atoms with Gasteiger partial charge in [-0.05, 0) is 26.0 Å². The Morgan fingerprint density at radius 2 is 1.84 bits per heavy atom. The van der Waals surface area contributed by atoms with Crippen molar-refractivity contribution in [3.05, 3.63) is 28.3 Å². The van der Waals surface area contributed by atoms with Crippen LogP contribution in [0.2, 0.25) is 0 Å². The highest BCUT2D eigenvalue weighted by Crippen LogP contribution is 2.31. The van der Waals surface area contributed by atoms with Crippen LogP contribution in [-0.4, -0.2) is 56.4 Å². The lowest BCUT2D eigenvalue weighted by Crippen LogP contribution is -2.48. The molecule has 1 amide bonds. The summed E-state index contributed by atoms with van der Waals surface area (Å²) in [5.41, 5.74) is 0.0969. The average molecular weight is 370 g/mol. The van der Waals surface area contributed by atoms with Gasteiger partial charge in [0.25, 0.3) is 5.69 Å². The van der Waals surface area contributed by atoms with Crippen LogP contribution < -0.4 is 9.62 Å². The number of sulfonamides is 1. The van der Waals surface area contributed by atoms with Gasteiger partial charge in [0, 0.05) is 45.2 Å². The van der Waals surface area contributed by atoms with Crippen molar-refractivity contribution in [1.82, 2.24) is 9.62 Å². The number of nitro benzene ring substituents is 1. The molecule has 0 aliphatic carbocycles. The van der Waals surface area contributed by atoms with E-state index in [4.69, 9.17) is 0 Å². The molecule has 25 heavy (non-hydrogen) atoms. The van der Waals surface area contributed by atoms with Gasteiger partial charge in [0.05, 0.1) is 9.82 Å². The molecule has 0 atom stereocenters. The standard InChI is InChI=1S/C15H22N4O5S/c1-11(2)16-25(23,24)13-4-5-14(15(10-13)19(21)22)18-8-6-17(7-9-18)12(3)20/h4-5,10-11,16H,6-9H2,1-3H3. The summed E-state index contributed by atoms with van der Waals surface area (Å²) in [6.45, 7) is 6.69. The molecule has 1 aromatic rings. The van der Waals surface area contributed by atoms with Gasteiger partial charge < -0.3 is 9.80 Å². The second-order valence-corrected chi connectivity index (χ2v) is 7.89. The van der Waals surface area contributed by atoms with E-state index < -0.39 is 14.9 Å². The van der Waals surface area contributed by atoms with Crippen LogP contribution in [0.15, 0.2) is 23.1 Å². The molecule has 1 heterocycles. The van der Waals surface area contributed by atoms with E-state index in [0.717, 1.165) is 6.07 Å². The molecule has 0 unspecified atom stereocenters. The number of piperazine rings is 1. The molecule has 2 rings (SSSR count). The minimum atomic E-state index is -3.81. The first-order valence-corrected chi connectivity index (χ1v) is 9.41. The summed E-state index contributed by atoms with van der Waals surface area (Å²) >= 11 is 0. The molecule has 10 heteroatoms. The first-order chi connectivity index (χ1) is 11.6. The molecule has 1 fully saturated rings. The molecule has 1 aliphatic rings. The van der Waals surface area contributed by atoms with Crippen LogP contribution in [0.3, 0.4) is 0 Å². The zero-order chi connectivity index (χ0) is 18.8. The van der Waals surface area contributed by atoms with Crippen LogP contribution in [0, 0.1) is 10.1 Å². The van der Waals surface area contributed by atoms with Gasteiger partial charge in [-0.2, -0.15) is 0 Å². The van der Waals surface area contributed by atoms with E-state index >= 15 is 0 Å². The molecule has 9 nitrogen and oxygen atoms in total. The van der Waals surface area contributed by atoms with E-state index in [9.17, 15) is 23.3 Å². The van der Waals surface area contributed by atoms with Crippen LogP contribution in [-0.2, 0) is 14.8 Å². The SMILES string of the molecule is CC(=O)N1CCN(c2ccc(S(=O)(=O)NC(C)C)cc2[N+](=O)[O-])CC1. The third-order valence-electron chi connectivity index (χ3n) is 3.91. The Kier molecular flexibility index (Phi) is 5.63. The van der Waals surface area contributed by atoms with E-state index in [1.54, 1.807) is 23.6 Å². The number of hydrogen-bond acceptors (Lipinski definition) is 6. The number of amides is 1. The number of nitrogens with zero attached hydrogens (tertiary/aromatic N) is 3. The summed E-state index contributed by atoms with van der Waals surface area (Å²) in [6.07, 6.45) is 0. The normalized spacial score (nSPS) is 15.5. The maximum absolute atomic E-state index is 12.2. The van der Waals surface area contributed by atoms with E-state index in [0.29, 0.717) is 31.9 Å². The third kappa shape index (κ3) is 4.45. The molecular weight excluding hydrogens is 348 g/mol. The Labute approximate surface area is 146 Å². The zero-order valence-corrected chi connectivity index (χ0v) is 15.2. The van der Waals surface area contributed by atoms with Crippen molar-refractivity contribution in [1.29, 1.82) is 0 Å². The monoisotopic (exact) mass is 370 g/mol. The number of nitrogens with one attached hydrogen (secondary N) is 1. The minimum absolute atomic E-state index is 0.0321. The van der Waals surface area contributed by atoms with Gasteiger partial charge in [-0.15, -0.1) is 0 Å². The van der Waals surface area contributed by atoms with Crippen molar-refractivity contribution in [3.8, 4) is 0 Å². The Morgan fingerprint density at radius 1 is 1.24 bits per heavy atom. The summed E-state index contributed by atoms with van der Waals surface area (Å²) in [5.74, 6) is -0.0321. The van der Waals surface area contributed by atoms with Crippen molar-refractivity contribution in [2.24, 2.45) is 0 Å². The number of nitro groups is 1. The fraction of sp³-hybridized carbons (Fsp3) is 0.533. The van der Waals surface area contributed by atoms with Gasteiger partial charge in [-0.3, -0.25) is 14.9 Å².